The minimum Gasteiger partial charge on any atom is -0.336 e. The third-order valence-corrected chi connectivity index (χ3v) is 4.55. The van der Waals surface area contributed by atoms with Crippen LogP contribution in [0, 0.1) is 13.8 Å². The number of aryl methyl sites for hydroxylation is 2. The lowest BCUT2D eigenvalue weighted by Crippen LogP contribution is -2.48. The monoisotopic (exact) mass is 373 g/mol. The van der Waals surface area contributed by atoms with Gasteiger partial charge in [0, 0.05) is 37.7 Å². The van der Waals surface area contributed by atoms with Gasteiger partial charge in [-0.3, -0.25) is 9.78 Å². The number of pyridine rings is 2. The molecule has 3 aromatic heterocycles. The van der Waals surface area contributed by atoms with Crippen LogP contribution in [-0.4, -0.2) is 45.6 Å². The van der Waals surface area contributed by atoms with Gasteiger partial charge in [-0.25, -0.2) is 4.98 Å². The van der Waals surface area contributed by atoms with E-state index >= 15 is 0 Å². The first kappa shape index (κ1) is 18.3. The van der Waals surface area contributed by atoms with Crippen LogP contribution < -0.4 is 5.32 Å². The molecule has 1 amide bonds. The lowest BCUT2D eigenvalue weighted by atomic mass is 10.0. The van der Waals surface area contributed by atoms with E-state index in [1.807, 2.05) is 43.1 Å². The summed E-state index contributed by atoms with van der Waals surface area (Å²) in [5.74, 6) is -0.0304. The number of nitrogens with one attached hydrogen (secondary N) is 1. The Morgan fingerprint density at radius 3 is 3.00 bits per heavy atom. The highest BCUT2D eigenvalue weighted by Gasteiger charge is 2.30. The zero-order valence-corrected chi connectivity index (χ0v) is 15.4. The molecule has 0 aromatic carbocycles. The number of hydrogen-bond acceptors (Lipinski definition) is 6. The zero-order valence-electron chi connectivity index (χ0n) is 14.6. The average molecular weight is 374 g/mol. The molecule has 0 saturated carbocycles. The van der Waals surface area contributed by atoms with Crippen molar-refractivity contribution in [1.29, 1.82) is 0 Å². The Morgan fingerprint density at radius 2 is 2.23 bits per heavy atom. The highest BCUT2D eigenvalue weighted by atomic mass is 35.5. The molecule has 1 atom stereocenters. The van der Waals surface area contributed by atoms with Gasteiger partial charge in [-0.1, -0.05) is 11.2 Å². The second-order valence-electron chi connectivity index (χ2n) is 6.26. The first-order valence-corrected chi connectivity index (χ1v) is 8.30. The van der Waals surface area contributed by atoms with E-state index in [-0.39, 0.29) is 24.4 Å². The summed E-state index contributed by atoms with van der Waals surface area (Å²) in [5.41, 5.74) is 3.44. The molecule has 7 nitrogen and oxygen atoms in total. The molecule has 0 aliphatic carbocycles. The first-order chi connectivity index (χ1) is 12.1. The van der Waals surface area contributed by atoms with Gasteiger partial charge in [-0.15, -0.1) is 12.4 Å². The Balaban J connectivity index is 0.00000196. The summed E-state index contributed by atoms with van der Waals surface area (Å²) >= 11 is 0. The Hall–Kier alpha value is -2.51. The van der Waals surface area contributed by atoms with Gasteiger partial charge in [0.1, 0.15) is 0 Å². The van der Waals surface area contributed by atoms with Crippen molar-refractivity contribution < 1.29 is 9.32 Å². The molecule has 8 heteroatoms. The minimum absolute atomic E-state index is 0. The maximum Gasteiger partial charge on any atom is 0.258 e. The number of piperazine rings is 1. The molecule has 1 N–H and O–H groups in total. The fraction of sp³-hybridized carbons (Fsp3) is 0.333. The van der Waals surface area contributed by atoms with Gasteiger partial charge in [0.05, 0.1) is 22.7 Å². The normalized spacial score (nSPS) is 17.2. The van der Waals surface area contributed by atoms with Gasteiger partial charge in [0.15, 0.2) is 0 Å². The molecule has 0 radical (unpaired) electrons. The van der Waals surface area contributed by atoms with Crippen molar-refractivity contribution in [3.05, 3.63) is 53.1 Å². The summed E-state index contributed by atoms with van der Waals surface area (Å²) in [6.07, 6.45) is 3.55. The van der Waals surface area contributed by atoms with Crippen LogP contribution in [-0.2, 0) is 0 Å². The summed E-state index contributed by atoms with van der Waals surface area (Å²) < 4.78 is 5.26. The van der Waals surface area contributed by atoms with Crippen molar-refractivity contribution in [2.45, 2.75) is 19.9 Å². The summed E-state index contributed by atoms with van der Waals surface area (Å²) in [7, 11) is 0. The molecule has 0 bridgehead atoms. The number of amides is 1. The smallest absolute Gasteiger partial charge is 0.258 e. The number of rotatable bonds is 2. The van der Waals surface area contributed by atoms with Crippen LogP contribution in [0.4, 0.5) is 0 Å². The molecule has 1 aliphatic heterocycles. The van der Waals surface area contributed by atoms with Crippen molar-refractivity contribution in [2.24, 2.45) is 0 Å². The van der Waals surface area contributed by atoms with Crippen molar-refractivity contribution in [3.8, 4) is 0 Å². The van der Waals surface area contributed by atoms with Crippen LogP contribution in [0.2, 0.25) is 0 Å². The SMILES string of the molecule is Cc1cc(C(=O)N2CCNCC2c2cccnc2)c2c(C)noc2n1.Cl. The third-order valence-electron chi connectivity index (χ3n) is 4.55. The van der Waals surface area contributed by atoms with Crippen molar-refractivity contribution in [3.63, 3.8) is 0 Å². The number of halogens is 1. The molecule has 4 rings (SSSR count). The van der Waals surface area contributed by atoms with E-state index in [1.54, 1.807) is 6.20 Å². The number of nitrogens with zero attached hydrogens (tertiary/aromatic N) is 4. The van der Waals surface area contributed by atoms with Crippen molar-refractivity contribution in [1.82, 2.24) is 25.3 Å². The molecule has 1 unspecified atom stereocenters. The van der Waals surface area contributed by atoms with E-state index in [0.29, 0.717) is 35.4 Å². The largest absolute Gasteiger partial charge is 0.336 e. The molecule has 1 fully saturated rings. The Kier molecular flexibility index (Phi) is 5.20. The van der Waals surface area contributed by atoms with E-state index in [0.717, 1.165) is 17.8 Å². The molecular formula is C18H20ClN5O2. The highest BCUT2D eigenvalue weighted by Crippen LogP contribution is 2.28. The molecule has 136 valence electrons. The van der Waals surface area contributed by atoms with Gasteiger partial charge in [-0.2, -0.15) is 0 Å². The number of aromatic nitrogens is 3. The quantitative estimate of drug-likeness (QED) is 0.742. The van der Waals surface area contributed by atoms with Crippen LogP contribution in [0.1, 0.15) is 33.4 Å². The van der Waals surface area contributed by atoms with Crippen LogP contribution >= 0.6 is 12.4 Å². The molecule has 1 saturated heterocycles. The highest BCUT2D eigenvalue weighted by molar-refractivity contribution is 6.06. The van der Waals surface area contributed by atoms with E-state index in [4.69, 9.17) is 4.52 Å². The van der Waals surface area contributed by atoms with Gasteiger partial charge in [-0.05, 0) is 31.5 Å². The molecule has 0 spiro atoms. The predicted octanol–water partition coefficient (Wildman–Crippen LogP) is 2.44. The molecule has 3 aromatic rings. The predicted molar refractivity (Wildman–Crippen MR) is 99.4 cm³/mol. The number of carbonyl (C=O) groups is 1. The summed E-state index contributed by atoms with van der Waals surface area (Å²) in [6.45, 7) is 5.78. The summed E-state index contributed by atoms with van der Waals surface area (Å²) in [4.78, 5) is 23.8. The second-order valence-corrected chi connectivity index (χ2v) is 6.26. The van der Waals surface area contributed by atoms with Crippen LogP contribution in [0.15, 0.2) is 35.1 Å². The second kappa shape index (κ2) is 7.39. The van der Waals surface area contributed by atoms with Gasteiger partial charge < -0.3 is 14.7 Å². The van der Waals surface area contributed by atoms with E-state index < -0.39 is 0 Å². The first-order valence-electron chi connectivity index (χ1n) is 8.30. The van der Waals surface area contributed by atoms with Crippen LogP contribution in [0.5, 0.6) is 0 Å². The van der Waals surface area contributed by atoms with Crippen molar-refractivity contribution in [2.75, 3.05) is 19.6 Å². The Morgan fingerprint density at radius 1 is 1.38 bits per heavy atom. The van der Waals surface area contributed by atoms with Crippen molar-refractivity contribution >= 4 is 29.4 Å². The summed E-state index contributed by atoms with van der Waals surface area (Å²) in [6, 6.07) is 5.66. The van der Waals surface area contributed by atoms with E-state index in [1.165, 1.54) is 0 Å². The molecule has 4 heterocycles. The summed E-state index contributed by atoms with van der Waals surface area (Å²) in [5, 5.41) is 8.02. The van der Waals surface area contributed by atoms with E-state index in [2.05, 4.69) is 20.4 Å². The maximum absolute atomic E-state index is 13.4. The topological polar surface area (TPSA) is 84.2 Å². The number of carbonyl (C=O) groups excluding carboxylic acids is 1. The van der Waals surface area contributed by atoms with Gasteiger partial charge >= 0.3 is 0 Å². The number of hydrogen-bond donors (Lipinski definition) is 1. The molecular weight excluding hydrogens is 354 g/mol. The lowest BCUT2D eigenvalue weighted by molar-refractivity contribution is 0.0636. The Bertz CT molecular complexity index is 928. The molecule has 26 heavy (non-hydrogen) atoms. The van der Waals surface area contributed by atoms with Crippen LogP contribution in [0.25, 0.3) is 11.1 Å². The fourth-order valence-corrected chi connectivity index (χ4v) is 3.36. The minimum atomic E-state index is -0.0568. The third kappa shape index (κ3) is 3.15. The van der Waals surface area contributed by atoms with Gasteiger partial charge in [0.2, 0.25) is 0 Å². The van der Waals surface area contributed by atoms with E-state index in [9.17, 15) is 4.79 Å². The fourth-order valence-electron chi connectivity index (χ4n) is 3.36. The van der Waals surface area contributed by atoms with Gasteiger partial charge in [0.25, 0.3) is 11.6 Å². The standard InChI is InChI=1S/C18H19N5O2.ClH/c1-11-8-14(16-12(2)22-25-17(16)21-11)18(24)23-7-6-20-10-15(23)13-4-3-5-19-9-13;/h3-5,8-9,15,20H,6-7,10H2,1-2H3;1H. The zero-order chi connectivity index (χ0) is 17.4. The molecule has 1 aliphatic rings. The van der Waals surface area contributed by atoms with Crippen LogP contribution in [0.3, 0.4) is 0 Å². The maximum atomic E-state index is 13.4. The average Bonchev–Trinajstić information content (AvgIpc) is 3.02. The number of fused-ring (bicyclic) bond motifs is 1. The lowest BCUT2D eigenvalue weighted by Gasteiger charge is -2.36. The Labute approximate surface area is 157 Å².